The highest BCUT2D eigenvalue weighted by Gasteiger charge is 2.41. The molecular weight excluding hydrogens is 769 g/mol. The van der Waals surface area contributed by atoms with E-state index in [1.165, 1.54) is 42.6 Å². The van der Waals surface area contributed by atoms with Crippen molar-refractivity contribution < 1.29 is 0 Å². The monoisotopic (exact) mass is 810 g/mol. The minimum absolute atomic E-state index is 0.267. The van der Waals surface area contributed by atoms with Crippen molar-refractivity contribution in [1.82, 2.24) is 9.88 Å². The van der Waals surface area contributed by atoms with Crippen LogP contribution in [0.1, 0.15) is 22.9 Å². The minimum atomic E-state index is -2.62. The van der Waals surface area contributed by atoms with Gasteiger partial charge in [-0.1, -0.05) is 212 Å². The highest BCUT2D eigenvalue weighted by molar-refractivity contribution is 7.19. The van der Waals surface area contributed by atoms with Crippen LogP contribution in [0.5, 0.6) is 0 Å². The SMILES string of the molecule is c1ccc(C2=NC(c3ccccc3)NC(c3cccc(-n4c5ccccc5c5cc(-c6ccc([Si](c7ccccc7)(c7ccccc7)c7ccccc7)cc6)ccc54)c3)=N2)cc1. The van der Waals surface area contributed by atoms with Crippen molar-refractivity contribution >= 4 is 62.3 Å². The van der Waals surface area contributed by atoms with E-state index in [0.29, 0.717) is 5.84 Å². The first-order chi connectivity index (χ1) is 30.7. The Morgan fingerprint density at radius 2 is 0.903 bits per heavy atom. The summed E-state index contributed by atoms with van der Waals surface area (Å²) in [6.45, 7) is 0. The van der Waals surface area contributed by atoms with Crippen molar-refractivity contribution in [1.29, 1.82) is 0 Å². The van der Waals surface area contributed by atoms with Gasteiger partial charge in [0.2, 0.25) is 0 Å². The number of para-hydroxylation sites is 1. The molecule has 0 amide bonds. The van der Waals surface area contributed by atoms with E-state index < -0.39 is 8.07 Å². The van der Waals surface area contributed by atoms with Crippen LogP contribution in [0, 0.1) is 0 Å². The standard InChI is InChI=1S/C57H42N4Si/c1-6-19-42(20-7-1)55-58-56(43-21-8-2-9-22-43)60-57(59-55)45-23-18-24-46(39-45)61-53-32-17-16-31-51(53)52-40-44(35-38-54(52)61)41-33-36-50(37-34-41)62(47-25-10-3-11-26-47,48-27-12-4-13-28-48)49-29-14-5-15-30-49/h1-40,55H,(H,58,59,60). The van der Waals surface area contributed by atoms with Gasteiger partial charge in [-0.25, -0.2) is 9.98 Å². The molecule has 2 heterocycles. The van der Waals surface area contributed by atoms with Crippen LogP contribution in [0.3, 0.4) is 0 Å². The number of nitrogens with zero attached hydrogens (tertiary/aromatic N) is 3. The van der Waals surface area contributed by atoms with E-state index >= 15 is 0 Å². The summed E-state index contributed by atoms with van der Waals surface area (Å²) >= 11 is 0. The molecule has 1 N–H and O–H groups in total. The molecule has 0 aliphatic carbocycles. The van der Waals surface area contributed by atoms with E-state index in [1.807, 2.05) is 24.3 Å². The lowest BCUT2D eigenvalue weighted by Crippen LogP contribution is -2.74. The van der Waals surface area contributed by atoms with Gasteiger partial charge in [0.15, 0.2) is 13.9 Å². The van der Waals surface area contributed by atoms with Crippen LogP contribution in [0.2, 0.25) is 0 Å². The molecule has 1 unspecified atom stereocenters. The zero-order chi connectivity index (χ0) is 41.3. The van der Waals surface area contributed by atoms with E-state index in [9.17, 15) is 0 Å². The Morgan fingerprint density at radius 1 is 0.387 bits per heavy atom. The van der Waals surface area contributed by atoms with Gasteiger partial charge in [-0.3, -0.25) is 0 Å². The summed E-state index contributed by atoms with van der Waals surface area (Å²) in [6.07, 6.45) is -0.267. The lowest BCUT2D eigenvalue weighted by molar-refractivity contribution is 0.674. The van der Waals surface area contributed by atoms with Crippen LogP contribution in [0.25, 0.3) is 38.6 Å². The van der Waals surface area contributed by atoms with Crippen LogP contribution in [-0.4, -0.2) is 24.3 Å². The lowest BCUT2D eigenvalue weighted by Gasteiger charge is -2.34. The van der Waals surface area contributed by atoms with Crippen molar-refractivity contribution in [2.45, 2.75) is 6.17 Å². The molecule has 0 bridgehead atoms. The number of rotatable bonds is 9. The number of aromatic nitrogens is 1. The zero-order valence-corrected chi connectivity index (χ0v) is 35.0. The zero-order valence-electron chi connectivity index (χ0n) is 34.0. The number of fused-ring (bicyclic) bond motifs is 3. The minimum Gasteiger partial charge on any atom is -0.344 e. The van der Waals surface area contributed by atoms with Gasteiger partial charge >= 0.3 is 0 Å². The van der Waals surface area contributed by atoms with Crippen molar-refractivity contribution in [3.8, 4) is 16.8 Å². The molecule has 11 rings (SSSR count). The number of amidine groups is 2. The number of benzene rings is 9. The molecule has 4 nitrogen and oxygen atoms in total. The first-order valence-corrected chi connectivity index (χ1v) is 23.2. The van der Waals surface area contributed by atoms with Crippen molar-refractivity contribution in [3.05, 3.63) is 259 Å². The van der Waals surface area contributed by atoms with Gasteiger partial charge in [-0.15, -0.1) is 0 Å². The van der Waals surface area contributed by atoms with Gasteiger partial charge in [0.1, 0.15) is 12.0 Å². The Kier molecular flexibility index (Phi) is 9.56. The molecule has 9 aromatic carbocycles. The third-order valence-electron chi connectivity index (χ3n) is 12.2. The summed E-state index contributed by atoms with van der Waals surface area (Å²) < 4.78 is 2.38. The van der Waals surface area contributed by atoms with E-state index in [4.69, 9.17) is 9.98 Å². The molecule has 1 atom stereocenters. The van der Waals surface area contributed by atoms with Gasteiger partial charge < -0.3 is 9.88 Å². The third-order valence-corrected chi connectivity index (χ3v) is 17.0. The quantitative estimate of drug-likeness (QED) is 0.115. The van der Waals surface area contributed by atoms with Crippen LogP contribution >= 0.6 is 0 Å². The number of hydrogen-bond donors (Lipinski definition) is 1. The smallest absolute Gasteiger partial charge is 0.179 e. The summed E-state index contributed by atoms with van der Waals surface area (Å²) in [5.41, 5.74) is 8.83. The van der Waals surface area contributed by atoms with E-state index in [1.54, 1.807) is 0 Å². The second-order valence-corrected chi connectivity index (χ2v) is 19.6. The van der Waals surface area contributed by atoms with Crippen molar-refractivity contribution in [3.63, 3.8) is 0 Å². The lowest BCUT2D eigenvalue weighted by atomic mass is 10.0. The second-order valence-electron chi connectivity index (χ2n) is 15.8. The molecule has 0 saturated carbocycles. The van der Waals surface area contributed by atoms with Gasteiger partial charge in [-0.2, -0.15) is 0 Å². The number of hydrogen-bond acceptors (Lipinski definition) is 3. The fraction of sp³-hybridized carbons (Fsp3) is 0.0175. The third kappa shape index (κ3) is 6.56. The maximum absolute atomic E-state index is 5.11. The molecular formula is C57H42N4Si. The first kappa shape index (κ1) is 37.2. The first-order valence-electron chi connectivity index (χ1n) is 21.2. The molecule has 0 fully saturated rings. The molecule has 62 heavy (non-hydrogen) atoms. The summed E-state index contributed by atoms with van der Waals surface area (Å²) in [7, 11) is -2.62. The molecule has 1 aliphatic rings. The van der Waals surface area contributed by atoms with Crippen LogP contribution < -0.4 is 26.1 Å². The van der Waals surface area contributed by atoms with E-state index in [2.05, 4.69) is 228 Å². The maximum atomic E-state index is 5.11. The molecule has 0 saturated heterocycles. The average Bonchev–Trinajstić information content (AvgIpc) is 3.70. The predicted molar refractivity (Wildman–Crippen MR) is 262 cm³/mol. The Morgan fingerprint density at radius 3 is 1.55 bits per heavy atom. The highest BCUT2D eigenvalue weighted by atomic mass is 28.3. The largest absolute Gasteiger partial charge is 0.344 e. The van der Waals surface area contributed by atoms with Crippen LogP contribution in [0.15, 0.2) is 253 Å². The topological polar surface area (TPSA) is 41.7 Å². The van der Waals surface area contributed by atoms with E-state index in [-0.39, 0.29) is 6.17 Å². The molecule has 5 heteroatoms. The summed E-state index contributed by atoms with van der Waals surface area (Å²) in [4.78, 5) is 10.2. The fourth-order valence-corrected chi connectivity index (χ4v) is 14.1. The summed E-state index contributed by atoms with van der Waals surface area (Å²) in [5, 5.41) is 11.6. The summed E-state index contributed by atoms with van der Waals surface area (Å²) in [6, 6.07) is 87.7. The molecule has 0 spiro atoms. The molecule has 0 radical (unpaired) electrons. The van der Waals surface area contributed by atoms with Crippen LogP contribution in [-0.2, 0) is 0 Å². The highest BCUT2D eigenvalue weighted by Crippen LogP contribution is 2.35. The Hall–Kier alpha value is -7.86. The molecule has 1 aromatic heterocycles. The van der Waals surface area contributed by atoms with Gasteiger partial charge in [0.05, 0.1) is 11.0 Å². The van der Waals surface area contributed by atoms with Crippen molar-refractivity contribution in [2.24, 2.45) is 9.98 Å². The second kappa shape index (κ2) is 16.0. The number of nitrogens with one attached hydrogen (secondary N) is 1. The Labute approximate surface area is 362 Å². The fourth-order valence-electron chi connectivity index (χ4n) is 9.32. The van der Waals surface area contributed by atoms with Gasteiger partial charge in [0.25, 0.3) is 0 Å². The number of aliphatic imine (C=N–C) groups is 2. The van der Waals surface area contributed by atoms with Crippen molar-refractivity contribution in [2.75, 3.05) is 0 Å². The normalized spacial score (nSPS) is 14.0. The molecule has 10 aromatic rings. The predicted octanol–water partition coefficient (Wildman–Crippen LogP) is 10.3. The summed E-state index contributed by atoms with van der Waals surface area (Å²) in [5.74, 6) is 1.50. The molecule has 294 valence electrons. The average molecular weight is 811 g/mol. The Bertz CT molecular complexity index is 3140. The Balaban J connectivity index is 0.995. The maximum Gasteiger partial charge on any atom is 0.179 e. The van der Waals surface area contributed by atoms with Gasteiger partial charge in [-0.05, 0) is 67.8 Å². The van der Waals surface area contributed by atoms with Crippen LogP contribution in [0.4, 0.5) is 0 Å². The van der Waals surface area contributed by atoms with Gasteiger partial charge in [0, 0.05) is 27.6 Å². The molecule has 1 aliphatic heterocycles. The van der Waals surface area contributed by atoms with E-state index in [0.717, 1.165) is 39.2 Å².